The zero-order chi connectivity index (χ0) is 20.3. The third kappa shape index (κ3) is 3.42. The van der Waals surface area contributed by atoms with Gasteiger partial charge in [0.15, 0.2) is 5.69 Å². The van der Waals surface area contributed by atoms with Gasteiger partial charge in [-0.3, -0.25) is 9.59 Å². The monoisotopic (exact) mass is 376 g/mol. The van der Waals surface area contributed by atoms with E-state index in [4.69, 9.17) is 5.26 Å². The molecule has 2 aromatic heterocycles. The van der Waals surface area contributed by atoms with E-state index in [1.807, 2.05) is 13.8 Å². The van der Waals surface area contributed by atoms with Crippen molar-refractivity contribution in [2.45, 2.75) is 26.8 Å². The zero-order valence-corrected chi connectivity index (χ0v) is 15.9. The van der Waals surface area contributed by atoms with Gasteiger partial charge in [0, 0.05) is 30.2 Å². The lowest BCUT2D eigenvalue weighted by molar-refractivity contribution is 0.0949. The number of hydrogen-bond acceptors (Lipinski definition) is 5. The highest BCUT2D eigenvalue weighted by Crippen LogP contribution is 2.14. The highest BCUT2D eigenvalue weighted by atomic mass is 16.2. The number of fused-ring (bicyclic) bond motifs is 1. The number of nitrogens with zero attached hydrogens (tertiary/aromatic N) is 5. The fraction of sp³-hybridized carbons (Fsp3) is 0.250. The number of carbonyl (C=O) groups excluding carboxylic acids is 1. The molecule has 0 fully saturated rings. The van der Waals surface area contributed by atoms with Gasteiger partial charge in [-0.15, -0.1) is 0 Å². The van der Waals surface area contributed by atoms with Crippen LogP contribution in [0, 0.1) is 18.3 Å². The summed E-state index contributed by atoms with van der Waals surface area (Å²) in [5.74, 6) is -0.508. The average Bonchev–Trinajstić information content (AvgIpc) is 2.98. The molecule has 3 aromatic rings. The summed E-state index contributed by atoms with van der Waals surface area (Å²) >= 11 is 0. The highest BCUT2D eigenvalue weighted by molar-refractivity contribution is 6.05. The standard InChI is InChI=1S/C20H20N6O2/c1-4-9-26-20(28)17-8-6-5-7-16(17)18(24-26)19(27)23-22-12-14-10-15(11-21)25(3)13(14)2/h5-8,10,12H,4,9H2,1-3H3,(H,23,27)/b22-12-. The van der Waals surface area contributed by atoms with Crippen LogP contribution in [0.5, 0.6) is 0 Å². The fourth-order valence-electron chi connectivity index (χ4n) is 2.94. The van der Waals surface area contributed by atoms with Crippen molar-refractivity contribution in [1.29, 1.82) is 5.26 Å². The van der Waals surface area contributed by atoms with Gasteiger partial charge in [0.05, 0.1) is 11.6 Å². The van der Waals surface area contributed by atoms with E-state index in [1.54, 1.807) is 41.9 Å². The Morgan fingerprint density at radius 3 is 2.71 bits per heavy atom. The van der Waals surface area contributed by atoms with Gasteiger partial charge in [0.1, 0.15) is 11.8 Å². The Balaban J connectivity index is 1.93. The van der Waals surface area contributed by atoms with Crippen molar-refractivity contribution >= 4 is 22.9 Å². The molecule has 0 atom stereocenters. The third-order valence-electron chi connectivity index (χ3n) is 4.58. The lowest BCUT2D eigenvalue weighted by Crippen LogP contribution is -2.29. The van der Waals surface area contributed by atoms with Gasteiger partial charge in [-0.25, -0.2) is 10.1 Å². The maximum atomic E-state index is 12.7. The first-order chi connectivity index (χ1) is 13.5. The second-order valence-corrected chi connectivity index (χ2v) is 6.36. The van der Waals surface area contributed by atoms with Crippen molar-refractivity contribution in [1.82, 2.24) is 19.8 Å². The molecule has 3 rings (SSSR count). The number of nitrogens with one attached hydrogen (secondary N) is 1. The smallest absolute Gasteiger partial charge is 0.292 e. The normalized spacial score (nSPS) is 11.1. The number of nitriles is 1. The van der Waals surface area contributed by atoms with Crippen LogP contribution in [0.15, 0.2) is 40.2 Å². The minimum Gasteiger partial charge on any atom is -0.339 e. The SMILES string of the molecule is CCCn1nc(C(=O)N/N=C\c2cc(C#N)n(C)c2C)c2ccccc2c1=O. The van der Waals surface area contributed by atoms with Gasteiger partial charge < -0.3 is 4.57 Å². The molecule has 0 unspecified atom stereocenters. The molecular weight excluding hydrogens is 356 g/mol. The van der Waals surface area contributed by atoms with E-state index < -0.39 is 5.91 Å². The van der Waals surface area contributed by atoms with Gasteiger partial charge >= 0.3 is 0 Å². The molecule has 142 valence electrons. The molecule has 0 saturated heterocycles. The lowest BCUT2D eigenvalue weighted by Gasteiger charge is -2.09. The van der Waals surface area contributed by atoms with Crippen molar-refractivity contribution in [2.75, 3.05) is 0 Å². The molecule has 0 bridgehead atoms. The number of carbonyl (C=O) groups is 1. The van der Waals surface area contributed by atoms with Crippen LogP contribution >= 0.6 is 0 Å². The Labute approximate surface area is 161 Å². The Hall–Kier alpha value is -3.73. The quantitative estimate of drug-likeness (QED) is 0.544. The molecule has 1 aromatic carbocycles. The molecule has 0 aliphatic heterocycles. The topological polar surface area (TPSA) is 105 Å². The van der Waals surface area contributed by atoms with E-state index in [-0.39, 0.29) is 11.3 Å². The lowest BCUT2D eigenvalue weighted by atomic mass is 10.1. The van der Waals surface area contributed by atoms with Crippen molar-refractivity contribution in [3.8, 4) is 6.07 Å². The van der Waals surface area contributed by atoms with Crippen LogP contribution in [0.25, 0.3) is 10.8 Å². The van der Waals surface area contributed by atoms with Crippen LogP contribution in [0.4, 0.5) is 0 Å². The number of benzene rings is 1. The molecule has 0 aliphatic rings. The van der Waals surface area contributed by atoms with Crippen LogP contribution in [-0.2, 0) is 13.6 Å². The molecule has 0 radical (unpaired) electrons. The highest BCUT2D eigenvalue weighted by Gasteiger charge is 2.16. The van der Waals surface area contributed by atoms with Crippen molar-refractivity contribution in [2.24, 2.45) is 12.1 Å². The van der Waals surface area contributed by atoms with E-state index in [9.17, 15) is 9.59 Å². The zero-order valence-electron chi connectivity index (χ0n) is 15.9. The van der Waals surface area contributed by atoms with Gasteiger partial charge in [-0.2, -0.15) is 15.5 Å². The molecule has 2 heterocycles. The number of aromatic nitrogens is 3. The Morgan fingerprint density at radius 2 is 2.07 bits per heavy atom. The first-order valence-electron chi connectivity index (χ1n) is 8.87. The van der Waals surface area contributed by atoms with Crippen LogP contribution in [-0.4, -0.2) is 26.5 Å². The molecule has 0 saturated carbocycles. The summed E-state index contributed by atoms with van der Waals surface area (Å²) in [5.41, 5.74) is 4.47. The van der Waals surface area contributed by atoms with E-state index in [0.29, 0.717) is 23.0 Å². The van der Waals surface area contributed by atoms with Gasteiger partial charge in [0.2, 0.25) is 0 Å². The number of hydrogen-bond donors (Lipinski definition) is 1. The van der Waals surface area contributed by atoms with E-state index in [2.05, 4.69) is 21.7 Å². The molecule has 8 nitrogen and oxygen atoms in total. The van der Waals surface area contributed by atoms with Crippen molar-refractivity contribution in [3.05, 3.63) is 63.3 Å². The summed E-state index contributed by atoms with van der Waals surface area (Å²) in [5, 5.41) is 18.2. The largest absolute Gasteiger partial charge is 0.339 e. The Kier molecular flexibility index (Phi) is 5.36. The minimum absolute atomic E-state index is 0.142. The van der Waals surface area contributed by atoms with Crippen LogP contribution < -0.4 is 11.0 Å². The van der Waals surface area contributed by atoms with Crippen LogP contribution in [0.3, 0.4) is 0 Å². The Morgan fingerprint density at radius 1 is 1.36 bits per heavy atom. The average molecular weight is 376 g/mol. The molecule has 0 aliphatic carbocycles. The van der Waals surface area contributed by atoms with Gasteiger partial charge in [-0.05, 0) is 25.5 Å². The van der Waals surface area contributed by atoms with Gasteiger partial charge in [-0.1, -0.05) is 25.1 Å². The van der Waals surface area contributed by atoms with Crippen LogP contribution in [0.2, 0.25) is 0 Å². The maximum absolute atomic E-state index is 12.7. The summed E-state index contributed by atoms with van der Waals surface area (Å²) in [6, 6.07) is 10.7. The second-order valence-electron chi connectivity index (χ2n) is 6.36. The molecular formula is C20H20N6O2. The van der Waals surface area contributed by atoms with Crippen molar-refractivity contribution in [3.63, 3.8) is 0 Å². The fourth-order valence-corrected chi connectivity index (χ4v) is 2.94. The van der Waals surface area contributed by atoms with Crippen LogP contribution in [0.1, 0.15) is 40.8 Å². The minimum atomic E-state index is -0.508. The molecule has 8 heteroatoms. The summed E-state index contributed by atoms with van der Waals surface area (Å²) in [4.78, 5) is 25.2. The molecule has 28 heavy (non-hydrogen) atoms. The second kappa shape index (κ2) is 7.88. The Bertz CT molecular complexity index is 1180. The first-order valence-corrected chi connectivity index (χ1v) is 8.87. The van der Waals surface area contributed by atoms with E-state index in [0.717, 1.165) is 17.7 Å². The molecule has 0 spiro atoms. The van der Waals surface area contributed by atoms with E-state index in [1.165, 1.54) is 10.9 Å². The number of hydrazone groups is 1. The summed E-state index contributed by atoms with van der Waals surface area (Å²) in [6.07, 6.45) is 2.21. The van der Waals surface area contributed by atoms with Gasteiger partial charge in [0.25, 0.3) is 11.5 Å². The van der Waals surface area contributed by atoms with Crippen molar-refractivity contribution < 1.29 is 4.79 Å². The third-order valence-corrected chi connectivity index (χ3v) is 4.58. The first kappa shape index (κ1) is 19.0. The molecule has 1 N–H and O–H groups in total. The predicted octanol–water partition coefficient (Wildman–Crippen LogP) is 2.09. The summed E-state index contributed by atoms with van der Waals surface area (Å²) in [6.45, 7) is 4.22. The number of aryl methyl sites for hydroxylation is 1. The number of rotatable bonds is 5. The molecule has 1 amide bonds. The maximum Gasteiger partial charge on any atom is 0.292 e. The van der Waals surface area contributed by atoms with E-state index >= 15 is 0 Å². The summed E-state index contributed by atoms with van der Waals surface area (Å²) in [7, 11) is 1.79. The summed E-state index contributed by atoms with van der Waals surface area (Å²) < 4.78 is 3.06. The predicted molar refractivity (Wildman–Crippen MR) is 106 cm³/mol. The number of amides is 1.